The first-order chi connectivity index (χ1) is 18.2. The summed E-state index contributed by atoms with van der Waals surface area (Å²) in [7, 11) is -2.87. The van der Waals surface area contributed by atoms with E-state index < -0.39 is 45.0 Å². The number of sulfonamides is 1. The molecule has 0 radical (unpaired) electrons. The van der Waals surface area contributed by atoms with Crippen LogP contribution >= 0.6 is 23.2 Å². The number of nitro benzene ring substituents is 1. The van der Waals surface area contributed by atoms with Gasteiger partial charge in [0.15, 0.2) is 0 Å². The molecule has 2 rings (SSSR count). The molecule has 2 atom stereocenters. The second kappa shape index (κ2) is 13.8. The molecule has 2 aromatic carbocycles. The maximum absolute atomic E-state index is 13.8. The smallest absolute Gasteiger partial charge is 0.271 e. The minimum Gasteiger partial charge on any atom is -0.495 e. The Morgan fingerprint density at radius 1 is 1.13 bits per heavy atom. The lowest BCUT2D eigenvalue weighted by Gasteiger charge is -2.33. The molecular formula is C25H32Cl2N4O7S. The summed E-state index contributed by atoms with van der Waals surface area (Å²) in [6.07, 6.45) is 1.75. The van der Waals surface area contributed by atoms with Gasteiger partial charge in [0.25, 0.3) is 5.69 Å². The van der Waals surface area contributed by atoms with E-state index in [9.17, 15) is 28.1 Å². The van der Waals surface area contributed by atoms with Crippen LogP contribution in [-0.4, -0.2) is 62.0 Å². The van der Waals surface area contributed by atoms with E-state index in [1.807, 2.05) is 13.8 Å². The largest absolute Gasteiger partial charge is 0.495 e. The first-order valence-corrected chi connectivity index (χ1v) is 14.7. The van der Waals surface area contributed by atoms with Crippen molar-refractivity contribution in [2.75, 3.05) is 24.2 Å². The monoisotopic (exact) mass is 602 g/mol. The summed E-state index contributed by atoms with van der Waals surface area (Å²) in [5.41, 5.74) is -0.0942. The second-order valence-electron chi connectivity index (χ2n) is 8.88. The quantitative estimate of drug-likeness (QED) is 0.265. The van der Waals surface area contributed by atoms with Gasteiger partial charge < -0.3 is 15.0 Å². The van der Waals surface area contributed by atoms with Crippen molar-refractivity contribution in [2.24, 2.45) is 0 Å². The highest BCUT2D eigenvalue weighted by Gasteiger charge is 2.33. The SMILES string of the molecule is CC[C@@H](C)NC(=O)[C@H](CC)N(Cc1ccc(Cl)cc1Cl)C(=O)CN(c1cc([N+](=O)[O-])ccc1OC)S(C)(=O)=O. The Morgan fingerprint density at radius 3 is 2.31 bits per heavy atom. The van der Waals surface area contributed by atoms with Crippen molar-refractivity contribution in [1.82, 2.24) is 10.2 Å². The maximum atomic E-state index is 13.8. The van der Waals surface area contributed by atoms with Crippen LogP contribution in [0.4, 0.5) is 11.4 Å². The number of methoxy groups -OCH3 is 1. The van der Waals surface area contributed by atoms with Crippen LogP contribution in [0.5, 0.6) is 5.75 Å². The number of hydrogen-bond acceptors (Lipinski definition) is 7. The Bertz CT molecular complexity index is 1320. The standard InChI is InChI=1S/C25H32Cl2N4O7S/c1-6-16(3)28-25(33)21(7-2)29(14-17-8-9-18(26)12-20(17)27)24(32)15-30(39(5,36)37)22-13-19(31(34)35)10-11-23(22)38-4/h8-13,16,21H,6-7,14-15H2,1-5H3,(H,28,33)/t16-,21+/m1/s1. The number of carbonyl (C=O) groups excluding carboxylic acids is 2. The molecule has 0 heterocycles. The van der Waals surface area contributed by atoms with Crippen LogP contribution < -0.4 is 14.4 Å². The topological polar surface area (TPSA) is 139 Å². The van der Waals surface area contributed by atoms with Crippen molar-refractivity contribution in [1.29, 1.82) is 0 Å². The van der Waals surface area contributed by atoms with Crippen LogP contribution in [0.25, 0.3) is 0 Å². The number of rotatable bonds is 13. The van der Waals surface area contributed by atoms with Gasteiger partial charge in [0, 0.05) is 34.8 Å². The average molecular weight is 604 g/mol. The number of halogens is 2. The molecule has 0 fully saturated rings. The number of non-ortho nitro benzene ring substituents is 1. The van der Waals surface area contributed by atoms with Crippen LogP contribution in [0.15, 0.2) is 36.4 Å². The molecule has 0 saturated carbocycles. The molecule has 0 spiro atoms. The zero-order valence-corrected chi connectivity index (χ0v) is 24.6. The molecule has 1 N–H and O–H groups in total. The lowest BCUT2D eigenvalue weighted by molar-refractivity contribution is -0.384. The molecule has 0 saturated heterocycles. The minimum absolute atomic E-state index is 0.00711. The van der Waals surface area contributed by atoms with Crippen LogP contribution in [0, 0.1) is 10.1 Å². The molecule has 39 heavy (non-hydrogen) atoms. The fraction of sp³-hybridized carbons (Fsp3) is 0.440. The fourth-order valence-corrected chi connectivity index (χ4v) is 5.09. The summed E-state index contributed by atoms with van der Waals surface area (Å²) in [5, 5.41) is 14.9. The summed E-state index contributed by atoms with van der Waals surface area (Å²) < 4.78 is 31.7. The Labute approximate surface area is 238 Å². The normalized spacial score (nSPS) is 12.8. The number of nitro groups is 1. The highest BCUT2D eigenvalue weighted by Crippen LogP contribution is 2.34. The van der Waals surface area contributed by atoms with E-state index in [0.717, 1.165) is 22.7 Å². The molecule has 0 bridgehead atoms. The fourth-order valence-electron chi connectivity index (χ4n) is 3.78. The Kier molecular flexibility index (Phi) is 11.4. The van der Waals surface area contributed by atoms with Gasteiger partial charge in [-0.3, -0.25) is 24.0 Å². The second-order valence-corrected chi connectivity index (χ2v) is 11.6. The lowest BCUT2D eigenvalue weighted by Crippen LogP contribution is -2.53. The van der Waals surface area contributed by atoms with Crippen molar-refractivity contribution >= 4 is 56.4 Å². The van der Waals surface area contributed by atoms with Crippen molar-refractivity contribution in [3.8, 4) is 5.75 Å². The minimum atomic E-state index is -4.14. The molecule has 11 nitrogen and oxygen atoms in total. The molecule has 0 aliphatic carbocycles. The predicted molar refractivity (Wildman–Crippen MR) is 151 cm³/mol. The maximum Gasteiger partial charge on any atom is 0.271 e. The first kappa shape index (κ1) is 32.1. The Hall–Kier alpha value is -3.09. The molecular weight excluding hydrogens is 571 g/mol. The number of anilines is 1. The van der Waals surface area contributed by atoms with E-state index in [1.165, 1.54) is 24.1 Å². The average Bonchev–Trinajstić information content (AvgIpc) is 2.86. The molecule has 14 heteroatoms. The van der Waals surface area contributed by atoms with E-state index in [2.05, 4.69) is 5.32 Å². The van der Waals surface area contributed by atoms with E-state index >= 15 is 0 Å². The Balaban J connectivity index is 2.60. The Morgan fingerprint density at radius 2 is 1.79 bits per heavy atom. The number of hydrogen-bond donors (Lipinski definition) is 1. The van der Waals surface area contributed by atoms with Gasteiger partial charge in [0.1, 0.15) is 24.0 Å². The van der Waals surface area contributed by atoms with Gasteiger partial charge in [-0.25, -0.2) is 8.42 Å². The van der Waals surface area contributed by atoms with Gasteiger partial charge in [-0.05, 0) is 43.5 Å². The van der Waals surface area contributed by atoms with Crippen molar-refractivity contribution in [2.45, 2.75) is 52.2 Å². The molecule has 0 aliphatic rings. The van der Waals surface area contributed by atoms with Gasteiger partial charge >= 0.3 is 0 Å². The number of carbonyl (C=O) groups is 2. The third-order valence-electron chi connectivity index (χ3n) is 6.06. The van der Waals surface area contributed by atoms with Gasteiger partial charge in [0.2, 0.25) is 21.8 Å². The van der Waals surface area contributed by atoms with E-state index in [-0.39, 0.29) is 35.5 Å². The highest BCUT2D eigenvalue weighted by molar-refractivity contribution is 7.92. The third kappa shape index (κ3) is 8.45. The van der Waals surface area contributed by atoms with Crippen LogP contribution in [0.3, 0.4) is 0 Å². The van der Waals surface area contributed by atoms with Gasteiger partial charge in [-0.15, -0.1) is 0 Å². The van der Waals surface area contributed by atoms with Crippen LogP contribution in [-0.2, 0) is 26.2 Å². The summed E-state index contributed by atoms with van der Waals surface area (Å²) >= 11 is 12.4. The third-order valence-corrected chi connectivity index (χ3v) is 7.78. The first-order valence-electron chi connectivity index (χ1n) is 12.1. The van der Waals surface area contributed by atoms with Gasteiger partial charge in [0.05, 0.1) is 18.3 Å². The van der Waals surface area contributed by atoms with E-state index in [0.29, 0.717) is 17.0 Å². The number of amides is 2. The lowest BCUT2D eigenvalue weighted by atomic mass is 10.1. The van der Waals surface area contributed by atoms with Crippen LogP contribution in [0.1, 0.15) is 39.2 Å². The van der Waals surface area contributed by atoms with Crippen LogP contribution in [0.2, 0.25) is 10.0 Å². The van der Waals surface area contributed by atoms with Crippen molar-refractivity contribution in [3.63, 3.8) is 0 Å². The highest BCUT2D eigenvalue weighted by atomic mass is 35.5. The molecule has 0 aromatic heterocycles. The molecule has 2 aromatic rings. The van der Waals surface area contributed by atoms with Gasteiger partial charge in [-0.2, -0.15) is 0 Å². The molecule has 214 valence electrons. The summed E-state index contributed by atoms with van der Waals surface area (Å²) in [6.45, 7) is 4.58. The molecule has 0 aliphatic heterocycles. The number of benzene rings is 2. The van der Waals surface area contributed by atoms with Crippen molar-refractivity contribution in [3.05, 3.63) is 62.1 Å². The zero-order valence-electron chi connectivity index (χ0n) is 22.3. The number of nitrogens with zero attached hydrogens (tertiary/aromatic N) is 3. The van der Waals surface area contributed by atoms with E-state index in [1.54, 1.807) is 19.1 Å². The van der Waals surface area contributed by atoms with Crippen molar-refractivity contribution < 1.29 is 27.7 Å². The predicted octanol–water partition coefficient (Wildman–Crippen LogP) is 4.40. The summed E-state index contributed by atoms with van der Waals surface area (Å²) in [6, 6.07) is 6.99. The molecule has 2 amide bonds. The molecule has 0 unspecified atom stereocenters. The summed E-state index contributed by atoms with van der Waals surface area (Å²) in [4.78, 5) is 39.0. The zero-order chi connectivity index (χ0) is 29.5. The van der Waals surface area contributed by atoms with E-state index in [4.69, 9.17) is 27.9 Å². The van der Waals surface area contributed by atoms with Gasteiger partial charge in [-0.1, -0.05) is 43.1 Å². The summed E-state index contributed by atoms with van der Waals surface area (Å²) in [5.74, 6) is -1.14. The number of nitrogens with one attached hydrogen (secondary N) is 1. The number of ether oxygens (including phenoxy) is 1.